The normalized spacial score (nSPS) is 14.2. The van der Waals surface area contributed by atoms with Crippen LogP contribution in [0, 0.1) is 0 Å². The fourth-order valence-electron chi connectivity index (χ4n) is 1.79. The van der Waals surface area contributed by atoms with Gasteiger partial charge in [-0.05, 0) is 30.2 Å². The summed E-state index contributed by atoms with van der Waals surface area (Å²) in [7, 11) is 0. The van der Waals surface area contributed by atoms with Gasteiger partial charge in [-0.15, -0.1) is 11.6 Å². The maximum Gasteiger partial charge on any atom is 0.224 e. The molecule has 84 valence electrons. The van der Waals surface area contributed by atoms with E-state index in [0.29, 0.717) is 30.7 Å². The summed E-state index contributed by atoms with van der Waals surface area (Å²) < 4.78 is 0. The topological polar surface area (TPSA) is 46.2 Å². The highest BCUT2D eigenvalue weighted by molar-refractivity contribution is 6.19. The van der Waals surface area contributed by atoms with Gasteiger partial charge in [0.1, 0.15) is 0 Å². The van der Waals surface area contributed by atoms with Crippen molar-refractivity contribution < 1.29 is 9.59 Å². The van der Waals surface area contributed by atoms with Gasteiger partial charge >= 0.3 is 0 Å². The number of amides is 1. The number of rotatable bonds is 3. The maximum atomic E-state index is 11.6. The third-order valence-electron chi connectivity index (χ3n) is 2.64. The largest absolute Gasteiger partial charge is 0.326 e. The van der Waals surface area contributed by atoms with Gasteiger partial charge < -0.3 is 5.32 Å². The van der Waals surface area contributed by atoms with Crippen molar-refractivity contribution in [2.45, 2.75) is 19.3 Å². The van der Waals surface area contributed by atoms with Gasteiger partial charge in [0.05, 0.1) is 0 Å². The molecule has 1 N–H and O–H groups in total. The monoisotopic (exact) mass is 237 g/mol. The standard InChI is InChI=1S/C12H12ClNO2/c13-6-5-11(15)9-1-3-10-8(7-9)2-4-12(16)14-10/h1,3,7H,2,4-6H2,(H,14,16). The van der Waals surface area contributed by atoms with Crippen LogP contribution in [0.1, 0.15) is 28.8 Å². The van der Waals surface area contributed by atoms with Gasteiger partial charge in [-0.3, -0.25) is 9.59 Å². The minimum absolute atomic E-state index is 0.0346. The minimum Gasteiger partial charge on any atom is -0.326 e. The first-order valence-corrected chi connectivity index (χ1v) is 5.76. The third-order valence-corrected chi connectivity index (χ3v) is 2.83. The summed E-state index contributed by atoms with van der Waals surface area (Å²) in [6, 6.07) is 5.37. The molecule has 3 nitrogen and oxygen atoms in total. The lowest BCUT2D eigenvalue weighted by molar-refractivity contribution is -0.116. The number of benzene rings is 1. The van der Waals surface area contributed by atoms with Crippen LogP contribution in [0.4, 0.5) is 5.69 Å². The Morgan fingerprint density at radius 3 is 2.94 bits per heavy atom. The molecule has 16 heavy (non-hydrogen) atoms. The zero-order valence-corrected chi connectivity index (χ0v) is 9.51. The predicted molar refractivity (Wildman–Crippen MR) is 63.1 cm³/mol. The van der Waals surface area contributed by atoms with Crippen LogP contribution in [0.3, 0.4) is 0 Å². The molecule has 0 saturated heterocycles. The molecule has 1 aliphatic heterocycles. The lowest BCUT2D eigenvalue weighted by Gasteiger charge is -2.17. The van der Waals surface area contributed by atoms with Crippen LogP contribution in [0.25, 0.3) is 0 Å². The number of halogens is 1. The van der Waals surface area contributed by atoms with E-state index >= 15 is 0 Å². The van der Waals surface area contributed by atoms with Crippen molar-refractivity contribution in [3.05, 3.63) is 29.3 Å². The first-order chi connectivity index (χ1) is 7.70. The molecule has 1 aliphatic rings. The Balaban J connectivity index is 2.26. The minimum atomic E-state index is 0.0346. The van der Waals surface area contributed by atoms with Gasteiger partial charge in [-0.25, -0.2) is 0 Å². The molecule has 0 radical (unpaired) electrons. The number of Topliss-reactive ketones (excluding diaryl/α,β-unsaturated/α-hetero) is 1. The number of hydrogen-bond donors (Lipinski definition) is 1. The number of anilines is 1. The predicted octanol–water partition coefficient (Wildman–Crippen LogP) is 2.38. The molecule has 1 aromatic carbocycles. The van der Waals surface area contributed by atoms with E-state index in [1.165, 1.54) is 0 Å². The van der Waals surface area contributed by atoms with Crippen molar-refractivity contribution in [1.82, 2.24) is 0 Å². The van der Waals surface area contributed by atoms with E-state index in [9.17, 15) is 9.59 Å². The molecule has 4 heteroatoms. The summed E-state index contributed by atoms with van der Waals surface area (Å²) >= 11 is 5.53. The molecular weight excluding hydrogens is 226 g/mol. The summed E-state index contributed by atoms with van der Waals surface area (Å²) in [4.78, 5) is 22.8. The lowest BCUT2D eigenvalue weighted by atomic mass is 9.98. The Bertz CT molecular complexity index is 443. The van der Waals surface area contributed by atoms with E-state index in [1.807, 2.05) is 6.07 Å². The van der Waals surface area contributed by atoms with E-state index in [1.54, 1.807) is 12.1 Å². The number of ketones is 1. The van der Waals surface area contributed by atoms with Gasteiger partial charge in [0.15, 0.2) is 5.78 Å². The van der Waals surface area contributed by atoms with Crippen LogP contribution in [0.15, 0.2) is 18.2 Å². The highest BCUT2D eigenvalue weighted by atomic mass is 35.5. The van der Waals surface area contributed by atoms with Crippen molar-refractivity contribution in [2.24, 2.45) is 0 Å². The van der Waals surface area contributed by atoms with Crippen molar-refractivity contribution >= 4 is 29.0 Å². The molecule has 0 spiro atoms. The van der Waals surface area contributed by atoms with Crippen LogP contribution < -0.4 is 5.32 Å². The number of fused-ring (bicyclic) bond motifs is 1. The van der Waals surface area contributed by atoms with E-state index in [-0.39, 0.29) is 11.7 Å². The van der Waals surface area contributed by atoms with Crippen LogP contribution in [0.2, 0.25) is 0 Å². The molecule has 0 unspecified atom stereocenters. The second-order valence-electron chi connectivity index (χ2n) is 3.78. The van der Waals surface area contributed by atoms with Gasteiger partial charge in [-0.2, -0.15) is 0 Å². The van der Waals surface area contributed by atoms with E-state index in [2.05, 4.69) is 5.32 Å². The second kappa shape index (κ2) is 4.66. The number of hydrogen-bond acceptors (Lipinski definition) is 2. The van der Waals surface area contributed by atoms with Crippen LogP contribution in [-0.2, 0) is 11.2 Å². The molecule has 0 aliphatic carbocycles. The smallest absolute Gasteiger partial charge is 0.224 e. The molecular formula is C12H12ClNO2. The number of nitrogens with one attached hydrogen (secondary N) is 1. The molecule has 1 aromatic rings. The van der Waals surface area contributed by atoms with Gasteiger partial charge in [0, 0.05) is 30.0 Å². The Morgan fingerprint density at radius 1 is 1.38 bits per heavy atom. The average molecular weight is 238 g/mol. The molecule has 0 atom stereocenters. The van der Waals surface area contributed by atoms with Crippen LogP contribution in [-0.4, -0.2) is 17.6 Å². The third kappa shape index (κ3) is 2.25. The average Bonchev–Trinajstić information content (AvgIpc) is 2.28. The summed E-state index contributed by atoms with van der Waals surface area (Å²) in [5.74, 6) is 0.425. The van der Waals surface area contributed by atoms with E-state index in [4.69, 9.17) is 11.6 Å². The molecule has 0 aromatic heterocycles. The fraction of sp³-hybridized carbons (Fsp3) is 0.333. The zero-order chi connectivity index (χ0) is 11.5. The van der Waals surface area contributed by atoms with Crippen molar-refractivity contribution in [1.29, 1.82) is 0 Å². The summed E-state index contributed by atoms with van der Waals surface area (Å²) in [6.07, 6.45) is 1.54. The first kappa shape index (κ1) is 11.1. The zero-order valence-electron chi connectivity index (χ0n) is 8.75. The van der Waals surface area contributed by atoms with E-state index < -0.39 is 0 Å². The molecule has 2 rings (SSSR count). The number of alkyl halides is 1. The second-order valence-corrected chi connectivity index (χ2v) is 4.16. The Hall–Kier alpha value is -1.35. The van der Waals surface area contributed by atoms with Crippen molar-refractivity contribution in [3.63, 3.8) is 0 Å². The molecule has 0 saturated carbocycles. The Morgan fingerprint density at radius 2 is 2.19 bits per heavy atom. The van der Waals surface area contributed by atoms with Crippen LogP contribution in [0.5, 0.6) is 0 Å². The highest BCUT2D eigenvalue weighted by Gasteiger charge is 2.16. The fourth-order valence-corrected chi connectivity index (χ4v) is 1.96. The summed E-state index contributed by atoms with van der Waals surface area (Å²) in [5.41, 5.74) is 2.52. The maximum absolute atomic E-state index is 11.6. The van der Waals surface area contributed by atoms with Crippen molar-refractivity contribution in [3.8, 4) is 0 Å². The van der Waals surface area contributed by atoms with Gasteiger partial charge in [0.2, 0.25) is 5.91 Å². The quantitative estimate of drug-likeness (QED) is 0.648. The first-order valence-electron chi connectivity index (χ1n) is 5.22. The molecule has 1 heterocycles. The molecule has 0 bridgehead atoms. The van der Waals surface area contributed by atoms with E-state index in [0.717, 1.165) is 11.3 Å². The number of carbonyl (C=O) groups is 2. The molecule has 1 amide bonds. The van der Waals surface area contributed by atoms with Gasteiger partial charge in [0.25, 0.3) is 0 Å². The Labute approximate surface area is 98.8 Å². The summed E-state index contributed by atoms with van der Waals surface area (Å²) in [6.45, 7) is 0. The SMILES string of the molecule is O=C1CCc2cc(C(=O)CCCl)ccc2N1. The van der Waals surface area contributed by atoms with Crippen molar-refractivity contribution in [2.75, 3.05) is 11.2 Å². The number of aryl methyl sites for hydroxylation is 1. The highest BCUT2D eigenvalue weighted by Crippen LogP contribution is 2.24. The van der Waals surface area contributed by atoms with Gasteiger partial charge in [-0.1, -0.05) is 0 Å². The Kier molecular flexibility index (Phi) is 3.25. The summed E-state index contributed by atoms with van der Waals surface area (Å²) in [5, 5.41) is 2.78. The van der Waals surface area contributed by atoms with Crippen LogP contribution >= 0.6 is 11.6 Å². The molecule has 0 fully saturated rings. The lowest BCUT2D eigenvalue weighted by Crippen LogP contribution is -2.19. The number of carbonyl (C=O) groups excluding carboxylic acids is 2.